The molecule has 32 heavy (non-hydrogen) atoms. The van der Waals surface area contributed by atoms with E-state index in [9.17, 15) is 22.0 Å². The van der Waals surface area contributed by atoms with Crippen molar-refractivity contribution < 1.29 is 22.0 Å². The number of benzene rings is 3. The number of anilines is 1. The zero-order valence-electron chi connectivity index (χ0n) is 17.0. The summed E-state index contributed by atoms with van der Waals surface area (Å²) in [5, 5.41) is 2.72. The number of H-pyrrole nitrogens is 1. The predicted molar refractivity (Wildman–Crippen MR) is 117 cm³/mol. The molecule has 0 saturated heterocycles. The number of amides is 1. The van der Waals surface area contributed by atoms with E-state index in [4.69, 9.17) is 0 Å². The van der Waals surface area contributed by atoms with Crippen LogP contribution in [0, 0.1) is 18.6 Å². The minimum Gasteiger partial charge on any atom is -0.338 e. The van der Waals surface area contributed by atoms with Crippen LogP contribution in [0.5, 0.6) is 0 Å². The van der Waals surface area contributed by atoms with E-state index < -0.39 is 27.6 Å². The molecular weight excluding hydrogens is 438 g/mol. The molecule has 0 aliphatic rings. The van der Waals surface area contributed by atoms with Crippen molar-refractivity contribution in [1.29, 1.82) is 0 Å². The summed E-state index contributed by atoms with van der Waals surface area (Å²) in [7, 11) is -2.41. The molecule has 0 unspecified atom stereocenters. The van der Waals surface area contributed by atoms with Crippen molar-refractivity contribution >= 4 is 32.7 Å². The molecular formula is C22H18F2N4O3S. The van der Waals surface area contributed by atoms with E-state index in [1.165, 1.54) is 19.2 Å². The summed E-state index contributed by atoms with van der Waals surface area (Å²) in [5.41, 5.74) is 2.21. The third-order valence-electron chi connectivity index (χ3n) is 4.96. The molecule has 0 fully saturated rings. The number of imidazole rings is 1. The number of fused-ring (bicyclic) bond motifs is 1. The van der Waals surface area contributed by atoms with Crippen LogP contribution in [-0.4, -0.2) is 31.3 Å². The van der Waals surface area contributed by atoms with Crippen molar-refractivity contribution in [2.75, 3.05) is 12.4 Å². The Morgan fingerprint density at radius 1 is 1.03 bits per heavy atom. The Kier molecular flexibility index (Phi) is 5.49. The highest BCUT2D eigenvalue weighted by molar-refractivity contribution is 7.89. The second-order valence-electron chi connectivity index (χ2n) is 7.08. The Labute approximate surface area is 182 Å². The lowest BCUT2D eigenvalue weighted by atomic mass is 10.1. The number of sulfonamides is 1. The maximum absolute atomic E-state index is 14.1. The van der Waals surface area contributed by atoms with E-state index in [1.807, 2.05) is 0 Å². The molecule has 0 spiro atoms. The number of aromatic amines is 1. The van der Waals surface area contributed by atoms with E-state index >= 15 is 0 Å². The molecule has 0 bridgehead atoms. The van der Waals surface area contributed by atoms with E-state index in [0.29, 0.717) is 22.3 Å². The number of carbonyl (C=O) groups excluding carboxylic acids is 1. The molecule has 3 aromatic carbocycles. The summed E-state index contributed by atoms with van der Waals surface area (Å²) < 4.78 is 53.9. The van der Waals surface area contributed by atoms with Gasteiger partial charge in [0.05, 0.1) is 21.5 Å². The first-order valence-electron chi connectivity index (χ1n) is 9.48. The van der Waals surface area contributed by atoms with Crippen LogP contribution >= 0.6 is 0 Å². The summed E-state index contributed by atoms with van der Waals surface area (Å²) >= 11 is 0. The molecule has 10 heteroatoms. The zero-order chi connectivity index (χ0) is 23.0. The maximum Gasteiger partial charge on any atom is 0.255 e. The monoisotopic (exact) mass is 456 g/mol. The van der Waals surface area contributed by atoms with Crippen molar-refractivity contribution in [2.24, 2.45) is 0 Å². The second kappa shape index (κ2) is 8.13. The van der Waals surface area contributed by atoms with Gasteiger partial charge in [-0.1, -0.05) is 6.07 Å². The number of halogens is 2. The fourth-order valence-electron chi connectivity index (χ4n) is 3.22. The third-order valence-corrected chi connectivity index (χ3v) is 6.37. The Hall–Kier alpha value is -3.63. The van der Waals surface area contributed by atoms with Gasteiger partial charge < -0.3 is 10.3 Å². The third kappa shape index (κ3) is 4.10. The van der Waals surface area contributed by atoms with Gasteiger partial charge in [-0.25, -0.2) is 26.9 Å². The van der Waals surface area contributed by atoms with Crippen molar-refractivity contribution in [3.63, 3.8) is 0 Å². The summed E-state index contributed by atoms with van der Waals surface area (Å²) in [4.78, 5) is 20.0. The number of aryl methyl sites for hydroxylation is 1. The molecule has 164 valence electrons. The molecule has 0 atom stereocenters. The van der Waals surface area contributed by atoms with Crippen LogP contribution in [0.2, 0.25) is 0 Å². The minimum atomic E-state index is -3.70. The van der Waals surface area contributed by atoms with Gasteiger partial charge in [0.1, 0.15) is 17.5 Å². The molecule has 0 saturated carbocycles. The standard InChI is InChI=1S/C22H18F2N4O3S/c1-12-3-6-15(32(30,31)25-2)11-16(12)22(29)26-14-5-8-19-20(10-14)28-21(27-19)17-9-13(23)4-7-18(17)24/h3-11,25H,1-2H3,(H,26,29)(H,27,28). The average Bonchev–Trinajstić information content (AvgIpc) is 3.18. The van der Waals surface area contributed by atoms with Gasteiger partial charge in [0.2, 0.25) is 10.0 Å². The first kappa shape index (κ1) is 21.6. The van der Waals surface area contributed by atoms with Crippen molar-refractivity contribution in [2.45, 2.75) is 11.8 Å². The van der Waals surface area contributed by atoms with E-state index in [0.717, 1.165) is 18.2 Å². The lowest BCUT2D eigenvalue weighted by molar-refractivity contribution is 0.102. The van der Waals surface area contributed by atoms with E-state index in [1.54, 1.807) is 31.2 Å². The van der Waals surface area contributed by atoms with Gasteiger partial charge in [0.25, 0.3) is 5.91 Å². The van der Waals surface area contributed by atoms with Gasteiger partial charge in [-0.05, 0) is 68.1 Å². The highest BCUT2D eigenvalue weighted by atomic mass is 32.2. The number of carbonyl (C=O) groups is 1. The summed E-state index contributed by atoms with van der Waals surface area (Å²) in [6.07, 6.45) is 0. The normalized spacial score (nSPS) is 11.6. The molecule has 0 radical (unpaired) electrons. The summed E-state index contributed by atoms with van der Waals surface area (Å²) in [6, 6.07) is 12.2. The van der Waals surface area contributed by atoms with E-state index in [2.05, 4.69) is 20.0 Å². The number of nitrogens with zero attached hydrogens (tertiary/aromatic N) is 1. The van der Waals surface area contributed by atoms with Crippen molar-refractivity contribution in [3.8, 4) is 11.4 Å². The highest BCUT2D eigenvalue weighted by Gasteiger charge is 2.17. The lowest BCUT2D eigenvalue weighted by Crippen LogP contribution is -2.20. The van der Waals surface area contributed by atoms with Crippen LogP contribution in [0.4, 0.5) is 14.5 Å². The van der Waals surface area contributed by atoms with Crippen molar-refractivity contribution in [3.05, 3.63) is 77.4 Å². The molecule has 1 amide bonds. The Morgan fingerprint density at radius 2 is 1.81 bits per heavy atom. The SMILES string of the molecule is CNS(=O)(=O)c1ccc(C)c(C(=O)Nc2ccc3nc(-c4cc(F)ccc4F)[nH]c3c2)c1. The molecule has 1 heterocycles. The zero-order valence-corrected chi connectivity index (χ0v) is 17.8. The first-order chi connectivity index (χ1) is 15.2. The molecule has 4 rings (SSSR count). The maximum atomic E-state index is 14.1. The second-order valence-corrected chi connectivity index (χ2v) is 8.97. The van der Waals surface area contributed by atoms with Crippen LogP contribution < -0.4 is 10.0 Å². The summed E-state index contributed by atoms with van der Waals surface area (Å²) in [5.74, 6) is -1.55. The van der Waals surface area contributed by atoms with Gasteiger partial charge in [0, 0.05) is 11.3 Å². The van der Waals surface area contributed by atoms with E-state index in [-0.39, 0.29) is 21.8 Å². The molecule has 1 aromatic heterocycles. The van der Waals surface area contributed by atoms with Crippen LogP contribution in [-0.2, 0) is 10.0 Å². The number of hydrogen-bond donors (Lipinski definition) is 3. The smallest absolute Gasteiger partial charge is 0.255 e. The van der Waals surface area contributed by atoms with Crippen LogP contribution in [0.25, 0.3) is 22.4 Å². The fraction of sp³-hybridized carbons (Fsp3) is 0.0909. The average molecular weight is 456 g/mol. The van der Waals surface area contributed by atoms with Crippen LogP contribution in [0.1, 0.15) is 15.9 Å². The summed E-state index contributed by atoms with van der Waals surface area (Å²) in [6.45, 7) is 1.70. The molecule has 4 aromatic rings. The van der Waals surface area contributed by atoms with Crippen molar-refractivity contribution in [1.82, 2.24) is 14.7 Å². The molecule has 3 N–H and O–H groups in total. The van der Waals surface area contributed by atoms with Gasteiger partial charge in [-0.2, -0.15) is 0 Å². The highest BCUT2D eigenvalue weighted by Crippen LogP contribution is 2.26. The first-order valence-corrected chi connectivity index (χ1v) is 11.0. The number of aromatic nitrogens is 2. The van der Waals surface area contributed by atoms with Gasteiger partial charge >= 0.3 is 0 Å². The number of hydrogen-bond acceptors (Lipinski definition) is 4. The fourth-order valence-corrected chi connectivity index (χ4v) is 3.98. The number of nitrogens with one attached hydrogen (secondary N) is 3. The minimum absolute atomic E-state index is 0.00929. The van der Waals surface area contributed by atoms with Crippen LogP contribution in [0.15, 0.2) is 59.5 Å². The van der Waals surface area contributed by atoms with Gasteiger partial charge in [-0.15, -0.1) is 0 Å². The Morgan fingerprint density at radius 3 is 2.56 bits per heavy atom. The predicted octanol–water partition coefficient (Wildman–Crippen LogP) is 3.98. The van der Waals surface area contributed by atoms with Gasteiger partial charge in [0.15, 0.2) is 0 Å². The lowest BCUT2D eigenvalue weighted by Gasteiger charge is -2.10. The Balaban J connectivity index is 1.65. The molecule has 0 aliphatic carbocycles. The topological polar surface area (TPSA) is 104 Å². The largest absolute Gasteiger partial charge is 0.338 e. The van der Waals surface area contributed by atoms with Crippen LogP contribution in [0.3, 0.4) is 0 Å². The molecule has 7 nitrogen and oxygen atoms in total. The quantitative estimate of drug-likeness (QED) is 0.423. The van der Waals surface area contributed by atoms with Gasteiger partial charge in [-0.3, -0.25) is 4.79 Å². The molecule has 0 aliphatic heterocycles. The number of rotatable bonds is 5. The Bertz CT molecular complexity index is 1470.